The van der Waals surface area contributed by atoms with Gasteiger partial charge in [0.05, 0.1) is 16.6 Å². The number of carbonyl (C=O) groups excluding carboxylic acids is 2. The minimum atomic E-state index is -0.680. The quantitative estimate of drug-likeness (QED) is 0.623. The lowest BCUT2D eigenvalue weighted by Gasteiger charge is -2.30. The van der Waals surface area contributed by atoms with Gasteiger partial charge in [-0.25, -0.2) is 0 Å². The van der Waals surface area contributed by atoms with Gasteiger partial charge in [-0.2, -0.15) is 10.4 Å². The third kappa shape index (κ3) is 5.11. The van der Waals surface area contributed by atoms with E-state index in [4.69, 9.17) is 16.9 Å². The maximum absolute atomic E-state index is 13.2. The summed E-state index contributed by atoms with van der Waals surface area (Å²) in [6.07, 6.45) is 3.94. The lowest BCUT2D eigenvalue weighted by Crippen LogP contribution is -2.54. The van der Waals surface area contributed by atoms with Crippen molar-refractivity contribution in [2.75, 3.05) is 0 Å². The highest BCUT2D eigenvalue weighted by Crippen LogP contribution is 2.28. The van der Waals surface area contributed by atoms with Gasteiger partial charge < -0.3 is 10.6 Å². The van der Waals surface area contributed by atoms with Crippen LogP contribution in [-0.2, 0) is 11.3 Å². The Morgan fingerprint density at radius 1 is 1.33 bits per heavy atom. The van der Waals surface area contributed by atoms with Crippen molar-refractivity contribution in [1.29, 1.82) is 5.26 Å². The van der Waals surface area contributed by atoms with Crippen molar-refractivity contribution in [2.24, 2.45) is 5.41 Å². The van der Waals surface area contributed by atoms with Crippen molar-refractivity contribution >= 4 is 34.3 Å². The second-order valence-corrected chi connectivity index (χ2v) is 9.29. The molecule has 1 heterocycles. The highest BCUT2D eigenvalue weighted by Gasteiger charge is 2.36. The van der Waals surface area contributed by atoms with E-state index in [1.54, 1.807) is 16.8 Å². The molecule has 2 aromatic rings. The average Bonchev–Trinajstić information content (AvgIpc) is 3.40. The van der Waals surface area contributed by atoms with Crippen LogP contribution in [0.4, 0.5) is 0 Å². The Labute approximate surface area is 181 Å². The normalized spacial score (nSPS) is 14.9. The van der Waals surface area contributed by atoms with Crippen LogP contribution < -0.4 is 10.6 Å². The minimum absolute atomic E-state index is 0.170. The molecule has 0 bridgehead atoms. The van der Waals surface area contributed by atoms with Crippen LogP contribution in [0.2, 0.25) is 5.02 Å². The SMILES string of the molecule is CC(C)(C)C(NC(=O)c1nn(CCCCC#N)c2c(Cl)cccc12)C(=O)NC1CC1. The van der Waals surface area contributed by atoms with Crippen LogP contribution in [0, 0.1) is 16.7 Å². The van der Waals surface area contributed by atoms with Gasteiger partial charge in [0.1, 0.15) is 6.04 Å². The first-order valence-electron chi connectivity index (χ1n) is 10.4. The second kappa shape index (κ2) is 9.05. The van der Waals surface area contributed by atoms with Gasteiger partial charge >= 0.3 is 0 Å². The van der Waals surface area contributed by atoms with Gasteiger partial charge in [0.25, 0.3) is 5.91 Å². The molecule has 0 radical (unpaired) electrons. The van der Waals surface area contributed by atoms with Crippen LogP contribution in [0.3, 0.4) is 0 Å². The van der Waals surface area contributed by atoms with Crippen molar-refractivity contribution in [1.82, 2.24) is 20.4 Å². The largest absolute Gasteiger partial charge is 0.352 e. The summed E-state index contributed by atoms with van der Waals surface area (Å²) < 4.78 is 1.72. The maximum atomic E-state index is 13.2. The predicted molar refractivity (Wildman–Crippen MR) is 116 cm³/mol. The maximum Gasteiger partial charge on any atom is 0.273 e. The molecule has 8 heteroatoms. The number of aryl methyl sites for hydroxylation is 1. The molecule has 1 aliphatic rings. The number of hydrogen-bond donors (Lipinski definition) is 2. The standard InChI is InChI=1S/C22H28ClN5O2/c1-22(2,3)19(21(30)25-14-10-11-14)26-20(29)17-15-8-7-9-16(23)18(15)28(27-17)13-6-4-5-12-24/h7-9,14,19H,4-6,10-11,13H2,1-3H3,(H,25,30)(H,26,29). The summed E-state index contributed by atoms with van der Waals surface area (Å²) in [7, 11) is 0. The number of benzene rings is 1. The molecule has 1 aromatic heterocycles. The highest BCUT2D eigenvalue weighted by molar-refractivity contribution is 6.35. The molecule has 1 aromatic carbocycles. The molecule has 0 aliphatic heterocycles. The number of hydrogen-bond acceptors (Lipinski definition) is 4. The smallest absolute Gasteiger partial charge is 0.273 e. The molecule has 2 amide bonds. The fourth-order valence-corrected chi connectivity index (χ4v) is 3.65. The molecule has 7 nitrogen and oxygen atoms in total. The summed E-state index contributed by atoms with van der Waals surface area (Å²) >= 11 is 6.40. The Morgan fingerprint density at radius 2 is 2.07 bits per heavy atom. The Kier molecular flexibility index (Phi) is 6.67. The molecule has 1 atom stereocenters. The molecule has 30 heavy (non-hydrogen) atoms. The molecule has 1 unspecified atom stereocenters. The Bertz CT molecular complexity index is 982. The Morgan fingerprint density at radius 3 is 2.70 bits per heavy atom. The van der Waals surface area contributed by atoms with E-state index >= 15 is 0 Å². The van der Waals surface area contributed by atoms with Crippen LogP contribution in [0.1, 0.15) is 63.4 Å². The van der Waals surface area contributed by atoms with Gasteiger partial charge in [-0.15, -0.1) is 0 Å². The molecule has 1 saturated carbocycles. The number of carbonyl (C=O) groups is 2. The van der Waals surface area contributed by atoms with Crippen molar-refractivity contribution in [3.8, 4) is 6.07 Å². The zero-order valence-electron chi connectivity index (χ0n) is 17.7. The van der Waals surface area contributed by atoms with Crippen LogP contribution in [0.25, 0.3) is 10.9 Å². The van der Waals surface area contributed by atoms with Crippen molar-refractivity contribution in [2.45, 2.75) is 71.5 Å². The Balaban J connectivity index is 1.86. The molecule has 3 rings (SSSR count). The minimum Gasteiger partial charge on any atom is -0.352 e. The highest BCUT2D eigenvalue weighted by atomic mass is 35.5. The number of halogens is 1. The van der Waals surface area contributed by atoms with Gasteiger partial charge in [0.15, 0.2) is 5.69 Å². The number of fused-ring (bicyclic) bond motifs is 1. The van der Waals surface area contributed by atoms with Crippen LogP contribution in [-0.4, -0.2) is 33.7 Å². The van der Waals surface area contributed by atoms with E-state index in [1.165, 1.54) is 0 Å². The topological polar surface area (TPSA) is 99.8 Å². The van der Waals surface area contributed by atoms with E-state index < -0.39 is 17.4 Å². The van der Waals surface area contributed by atoms with Crippen molar-refractivity contribution in [3.05, 3.63) is 28.9 Å². The molecule has 0 spiro atoms. The third-order valence-corrected chi connectivity index (χ3v) is 5.48. The zero-order valence-corrected chi connectivity index (χ0v) is 18.4. The average molecular weight is 430 g/mol. The number of unbranched alkanes of at least 4 members (excludes halogenated alkanes) is 2. The molecule has 2 N–H and O–H groups in total. The summed E-state index contributed by atoms with van der Waals surface area (Å²) in [4.78, 5) is 25.9. The van der Waals surface area contributed by atoms with E-state index in [-0.39, 0.29) is 17.6 Å². The zero-order chi connectivity index (χ0) is 21.9. The van der Waals surface area contributed by atoms with E-state index in [2.05, 4.69) is 21.8 Å². The number of nitrogens with one attached hydrogen (secondary N) is 2. The van der Waals surface area contributed by atoms with Crippen molar-refractivity contribution in [3.63, 3.8) is 0 Å². The monoisotopic (exact) mass is 429 g/mol. The summed E-state index contributed by atoms with van der Waals surface area (Å²) in [5, 5.41) is 20.3. The summed E-state index contributed by atoms with van der Waals surface area (Å²) in [6, 6.07) is 7.02. The first-order chi connectivity index (χ1) is 14.2. The van der Waals surface area contributed by atoms with E-state index in [0.29, 0.717) is 28.9 Å². The van der Waals surface area contributed by atoms with E-state index in [1.807, 2.05) is 26.8 Å². The van der Waals surface area contributed by atoms with Crippen LogP contribution >= 0.6 is 11.6 Å². The lowest BCUT2D eigenvalue weighted by atomic mass is 9.86. The van der Waals surface area contributed by atoms with Gasteiger partial charge in [0, 0.05) is 24.4 Å². The summed E-state index contributed by atoms with van der Waals surface area (Å²) in [6.45, 7) is 6.33. The number of para-hydroxylation sites is 1. The number of rotatable bonds is 8. The number of aromatic nitrogens is 2. The fraction of sp³-hybridized carbons (Fsp3) is 0.545. The predicted octanol–water partition coefficient (Wildman–Crippen LogP) is 3.81. The number of nitrogens with zero attached hydrogens (tertiary/aromatic N) is 3. The van der Waals surface area contributed by atoms with E-state index in [0.717, 1.165) is 25.7 Å². The number of amides is 2. The molecule has 0 saturated heterocycles. The van der Waals surface area contributed by atoms with Crippen molar-refractivity contribution < 1.29 is 9.59 Å². The van der Waals surface area contributed by atoms with Gasteiger partial charge in [0.2, 0.25) is 5.91 Å². The van der Waals surface area contributed by atoms with Crippen LogP contribution in [0.15, 0.2) is 18.2 Å². The first-order valence-corrected chi connectivity index (χ1v) is 10.7. The van der Waals surface area contributed by atoms with E-state index in [9.17, 15) is 9.59 Å². The fourth-order valence-electron chi connectivity index (χ4n) is 3.38. The molecular weight excluding hydrogens is 402 g/mol. The van der Waals surface area contributed by atoms with Crippen LogP contribution in [0.5, 0.6) is 0 Å². The van der Waals surface area contributed by atoms with Gasteiger partial charge in [-0.1, -0.05) is 44.5 Å². The Hall–Kier alpha value is -2.59. The first kappa shape index (κ1) is 22.1. The van der Waals surface area contributed by atoms with Gasteiger partial charge in [-0.05, 0) is 37.2 Å². The third-order valence-electron chi connectivity index (χ3n) is 5.17. The summed E-state index contributed by atoms with van der Waals surface area (Å²) in [5.74, 6) is -0.569. The molecule has 160 valence electrons. The summed E-state index contributed by atoms with van der Waals surface area (Å²) in [5.41, 5.74) is 0.486. The second-order valence-electron chi connectivity index (χ2n) is 8.88. The number of nitriles is 1. The molecular formula is C22H28ClN5O2. The van der Waals surface area contributed by atoms with Gasteiger partial charge in [-0.3, -0.25) is 14.3 Å². The molecule has 1 fully saturated rings. The lowest BCUT2D eigenvalue weighted by molar-refractivity contribution is -0.125. The molecule has 1 aliphatic carbocycles.